The second-order valence-electron chi connectivity index (χ2n) is 6.03. The van der Waals surface area contributed by atoms with Gasteiger partial charge in [-0.15, -0.1) is 0 Å². The van der Waals surface area contributed by atoms with Gasteiger partial charge >= 0.3 is 0 Å². The molecule has 2 nitrogen and oxygen atoms in total. The summed E-state index contributed by atoms with van der Waals surface area (Å²) in [5.74, 6) is 0.771. The molecule has 1 aliphatic carbocycles. The molecule has 1 aliphatic heterocycles. The van der Waals surface area contributed by atoms with E-state index in [1.165, 1.54) is 37.7 Å². The Bertz CT molecular complexity index is 388. The second-order valence-corrected chi connectivity index (χ2v) is 6.03. The molecule has 0 amide bonds. The first kappa shape index (κ1) is 13.1. The Kier molecular flexibility index (Phi) is 4.19. The summed E-state index contributed by atoms with van der Waals surface area (Å²) in [7, 11) is 0. The van der Waals surface area contributed by atoms with E-state index in [0.717, 1.165) is 30.9 Å². The van der Waals surface area contributed by atoms with Gasteiger partial charge in [-0.3, -0.25) is 0 Å². The Morgan fingerprint density at radius 3 is 2.42 bits per heavy atom. The van der Waals surface area contributed by atoms with E-state index in [1.807, 2.05) is 0 Å². The van der Waals surface area contributed by atoms with Crippen LogP contribution < -0.4 is 0 Å². The first-order chi connectivity index (χ1) is 9.33. The molecule has 1 heterocycles. The molecular weight excluding hydrogens is 236 g/mol. The smallest absolute Gasteiger partial charge is 0.0814 e. The van der Waals surface area contributed by atoms with Crippen LogP contribution in [0.15, 0.2) is 24.3 Å². The quantitative estimate of drug-likeness (QED) is 0.888. The highest BCUT2D eigenvalue weighted by atomic mass is 16.5. The number of benzene rings is 1. The Morgan fingerprint density at radius 2 is 1.84 bits per heavy atom. The van der Waals surface area contributed by atoms with Crippen molar-refractivity contribution >= 4 is 0 Å². The summed E-state index contributed by atoms with van der Waals surface area (Å²) in [4.78, 5) is 0. The summed E-state index contributed by atoms with van der Waals surface area (Å²) in [6, 6.07) is 8.59. The largest absolute Gasteiger partial charge is 0.388 e. The molecule has 0 aromatic heterocycles. The molecule has 0 bridgehead atoms. The number of hydrogen-bond donors (Lipinski definition) is 1. The number of rotatable bonds is 4. The van der Waals surface area contributed by atoms with Crippen molar-refractivity contribution in [3.8, 4) is 0 Å². The third-order valence-electron chi connectivity index (χ3n) is 4.66. The standard InChI is InChI=1S/C17H24O2/c18-17(12-16-6-1-2-11-19-16)15-9-7-14(8-10-15)13-4-3-5-13/h7-10,13,16-18H,1-6,11-12H2. The average Bonchev–Trinajstić information content (AvgIpc) is 2.39. The third kappa shape index (κ3) is 3.18. The molecule has 1 saturated heterocycles. The van der Waals surface area contributed by atoms with Crippen molar-refractivity contribution in [2.45, 2.75) is 63.1 Å². The molecular formula is C17H24O2. The first-order valence-corrected chi connectivity index (χ1v) is 7.72. The molecule has 104 valence electrons. The van der Waals surface area contributed by atoms with Crippen LogP contribution in [0, 0.1) is 0 Å². The van der Waals surface area contributed by atoms with Crippen molar-refractivity contribution in [2.75, 3.05) is 6.61 Å². The Labute approximate surface area is 115 Å². The normalized spacial score (nSPS) is 25.8. The predicted octanol–water partition coefficient (Wildman–Crippen LogP) is 3.95. The zero-order chi connectivity index (χ0) is 13.1. The number of ether oxygens (including phenoxy) is 1. The van der Waals surface area contributed by atoms with Crippen LogP contribution in [0.2, 0.25) is 0 Å². The molecule has 3 rings (SSSR count). The van der Waals surface area contributed by atoms with Gasteiger partial charge in [0, 0.05) is 13.0 Å². The van der Waals surface area contributed by atoms with Gasteiger partial charge in [0.05, 0.1) is 12.2 Å². The van der Waals surface area contributed by atoms with Gasteiger partial charge in [0.2, 0.25) is 0 Å². The van der Waals surface area contributed by atoms with Crippen LogP contribution in [0.3, 0.4) is 0 Å². The predicted molar refractivity (Wildman–Crippen MR) is 76.2 cm³/mol. The molecule has 19 heavy (non-hydrogen) atoms. The maximum atomic E-state index is 10.3. The fourth-order valence-corrected chi connectivity index (χ4v) is 3.11. The number of hydrogen-bond acceptors (Lipinski definition) is 2. The highest BCUT2D eigenvalue weighted by Gasteiger charge is 2.21. The highest BCUT2D eigenvalue weighted by Crippen LogP contribution is 2.36. The molecule has 0 spiro atoms. The van der Waals surface area contributed by atoms with Crippen LogP contribution in [-0.2, 0) is 4.74 Å². The molecule has 1 aromatic carbocycles. The Morgan fingerprint density at radius 1 is 1.05 bits per heavy atom. The molecule has 2 aliphatic rings. The van der Waals surface area contributed by atoms with Gasteiger partial charge in [0.25, 0.3) is 0 Å². The molecule has 0 radical (unpaired) electrons. The maximum Gasteiger partial charge on any atom is 0.0814 e. The van der Waals surface area contributed by atoms with Crippen molar-refractivity contribution in [3.05, 3.63) is 35.4 Å². The minimum Gasteiger partial charge on any atom is -0.388 e. The zero-order valence-corrected chi connectivity index (χ0v) is 11.6. The van der Waals surface area contributed by atoms with Crippen molar-refractivity contribution in [1.29, 1.82) is 0 Å². The topological polar surface area (TPSA) is 29.5 Å². The molecule has 2 fully saturated rings. The summed E-state index contributed by atoms with van der Waals surface area (Å²) < 4.78 is 5.70. The summed E-state index contributed by atoms with van der Waals surface area (Å²) in [6.45, 7) is 0.859. The van der Waals surface area contributed by atoms with Gasteiger partial charge in [0.15, 0.2) is 0 Å². The average molecular weight is 260 g/mol. The summed E-state index contributed by atoms with van der Waals surface area (Å²) >= 11 is 0. The lowest BCUT2D eigenvalue weighted by atomic mass is 9.80. The monoisotopic (exact) mass is 260 g/mol. The molecule has 2 heteroatoms. The summed E-state index contributed by atoms with van der Waals surface area (Å²) in [5.41, 5.74) is 2.48. The van der Waals surface area contributed by atoms with E-state index in [2.05, 4.69) is 24.3 Å². The molecule has 1 N–H and O–H groups in total. The lowest BCUT2D eigenvalue weighted by molar-refractivity contribution is -0.0155. The van der Waals surface area contributed by atoms with Gasteiger partial charge in [-0.25, -0.2) is 0 Å². The summed E-state index contributed by atoms with van der Waals surface area (Å²) in [6.07, 6.45) is 8.14. The fourth-order valence-electron chi connectivity index (χ4n) is 3.11. The highest BCUT2D eigenvalue weighted by molar-refractivity contribution is 5.27. The van der Waals surface area contributed by atoms with Gasteiger partial charge < -0.3 is 9.84 Å². The minimum atomic E-state index is -0.376. The van der Waals surface area contributed by atoms with Gasteiger partial charge in [-0.2, -0.15) is 0 Å². The van der Waals surface area contributed by atoms with Crippen LogP contribution in [-0.4, -0.2) is 17.8 Å². The van der Waals surface area contributed by atoms with Gasteiger partial charge in [-0.1, -0.05) is 30.7 Å². The van der Waals surface area contributed by atoms with Crippen LogP contribution >= 0.6 is 0 Å². The zero-order valence-electron chi connectivity index (χ0n) is 11.6. The Hall–Kier alpha value is -0.860. The van der Waals surface area contributed by atoms with E-state index >= 15 is 0 Å². The van der Waals surface area contributed by atoms with Crippen LogP contribution in [0.25, 0.3) is 0 Å². The third-order valence-corrected chi connectivity index (χ3v) is 4.66. The van der Waals surface area contributed by atoms with Crippen molar-refractivity contribution in [1.82, 2.24) is 0 Å². The van der Waals surface area contributed by atoms with Crippen LogP contribution in [0.4, 0.5) is 0 Å². The van der Waals surface area contributed by atoms with Crippen LogP contribution in [0.1, 0.15) is 68.1 Å². The van der Waals surface area contributed by atoms with Crippen LogP contribution in [0.5, 0.6) is 0 Å². The number of aliphatic hydroxyl groups excluding tert-OH is 1. The molecule has 1 saturated carbocycles. The lowest BCUT2D eigenvalue weighted by Gasteiger charge is -2.27. The van der Waals surface area contributed by atoms with Crippen molar-refractivity contribution < 1.29 is 9.84 Å². The summed E-state index contributed by atoms with van der Waals surface area (Å²) in [5, 5.41) is 10.3. The lowest BCUT2D eigenvalue weighted by Crippen LogP contribution is -2.21. The van der Waals surface area contributed by atoms with E-state index < -0.39 is 0 Å². The van der Waals surface area contributed by atoms with Crippen molar-refractivity contribution in [3.63, 3.8) is 0 Å². The second kappa shape index (κ2) is 6.06. The maximum absolute atomic E-state index is 10.3. The SMILES string of the molecule is OC(CC1CCCCO1)c1ccc(C2CCC2)cc1. The van der Waals surface area contributed by atoms with Gasteiger partial charge in [-0.05, 0) is 49.1 Å². The molecule has 1 aromatic rings. The first-order valence-electron chi connectivity index (χ1n) is 7.72. The van der Waals surface area contributed by atoms with Crippen molar-refractivity contribution in [2.24, 2.45) is 0 Å². The van der Waals surface area contributed by atoms with E-state index in [4.69, 9.17) is 4.74 Å². The van der Waals surface area contributed by atoms with E-state index in [0.29, 0.717) is 0 Å². The van der Waals surface area contributed by atoms with Gasteiger partial charge in [0.1, 0.15) is 0 Å². The van der Waals surface area contributed by atoms with E-state index in [9.17, 15) is 5.11 Å². The molecule has 2 unspecified atom stereocenters. The Balaban J connectivity index is 1.57. The fraction of sp³-hybridized carbons (Fsp3) is 0.647. The number of aliphatic hydroxyl groups is 1. The molecule has 2 atom stereocenters. The van der Waals surface area contributed by atoms with E-state index in [1.54, 1.807) is 0 Å². The minimum absolute atomic E-state index is 0.245. The van der Waals surface area contributed by atoms with E-state index in [-0.39, 0.29) is 12.2 Å².